The normalized spacial score (nSPS) is 13.3. The van der Waals surface area contributed by atoms with Gasteiger partial charge < -0.3 is 0 Å². The maximum Gasteiger partial charge on any atom is 0.0362 e. The summed E-state index contributed by atoms with van der Waals surface area (Å²) in [5.41, 5.74) is 2.74. The minimum absolute atomic E-state index is 1.36. The zero-order chi connectivity index (χ0) is 32.8. The zero-order valence-electron chi connectivity index (χ0n) is 26.8. The Balaban J connectivity index is 1.07. The van der Waals surface area contributed by atoms with Crippen molar-refractivity contribution in [2.24, 2.45) is 0 Å². The molecule has 12 rings (SSSR count). The van der Waals surface area contributed by atoms with E-state index < -0.39 is 0 Å². The van der Waals surface area contributed by atoms with Gasteiger partial charge in [-0.05, 0) is 97.8 Å². The highest BCUT2D eigenvalue weighted by Gasteiger charge is 2.20. The molecule has 0 amide bonds. The molecule has 6 aromatic carbocycles. The molecule has 0 nitrogen and oxygen atoms in total. The standard InChI is InChI=1S/C44H24S6/c1-21(37-19-25-29(47-37)11-13-33-41(25)43-35(49-33)17-15-31-39(43)23-7-3-5-9-27(23)45-31)22(2)38-20-26-30(48-38)12-14-34-42(26)44-36(50-34)18-16-32-40(44)24-8-4-6-10-28(24)46-32/h3-20H,1-2H3/b22-21-. The van der Waals surface area contributed by atoms with Crippen LogP contribution in [0.5, 0.6) is 0 Å². The van der Waals surface area contributed by atoms with Crippen LogP contribution >= 0.6 is 68.0 Å². The minimum Gasteiger partial charge on any atom is -0.136 e. The molecule has 0 aliphatic rings. The van der Waals surface area contributed by atoms with E-state index in [2.05, 4.69) is 123 Å². The highest BCUT2D eigenvalue weighted by atomic mass is 32.1. The summed E-state index contributed by atoms with van der Waals surface area (Å²) in [5.74, 6) is 0. The quantitative estimate of drug-likeness (QED) is 0.165. The number of thiophene rings is 6. The first-order valence-corrected chi connectivity index (χ1v) is 21.6. The number of allylic oxidation sites excluding steroid dienone is 2. The van der Waals surface area contributed by atoms with Gasteiger partial charge in [-0.25, -0.2) is 0 Å². The van der Waals surface area contributed by atoms with E-state index in [1.165, 1.54) is 122 Å². The minimum atomic E-state index is 1.36. The van der Waals surface area contributed by atoms with Crippen LogP contribution in [0.1, 0.15) is 23.6 Å². The van der Waals surface area contributed by atoms with E-state index in [9.17, 15) is 0 Å². The van der Waals surface area contributed by atoms with Crippen molar-refractivity contribution in [1.29, 1.82) is 0 Å². The smallest absolute Gasteiger partial charge is 0.0362 e. The largest absolute Gasteiger partial charge is 0.136 e. The van der Waals surface area contributed by atoms with E-state index in [0.29, 0.717) is 0 Å². The molecule has 0 fully saturated rings. The summed E-state index contributed by atoms with van der Waals surface area (Å²) in [6.45, 7) is 4.66. The number of hydrogen-bond acceptors (Lipinski definition) is 6. The molecule has 236 valence electrons. The molecule has 0 spiro atoms. The van der Waals surface area contributed by atoms with Crippen molar-refractivity contribution in [2.45, 2.75) is 13.8 Å². The lowest BCUT2D eigenvalue weighted by Gasteiger charge is -2.03. The lowest BCUT2D eigenvalue weighted by atomic mass is 10.0. The molecule has 50 heavy (non-hydrogen) atoms. The summed E-state index contributed by atoms with van der Waals surface area (Å²) in [6.07, 6.45) is 0. The molecular weight excluding hydrogens is 721 g/mol. The van der Waals surface area contributed by atoms with Gasteiger partial charge in [-0.2, -0.15) is 0 Å². The predicted molar refractivity (Wildman–Crippen MR) is 233 cm³/mol. The molecular formula is C44H24S6. The van der Waals surface area contributed by atoms with Crippen LogP contribution in [-0.2, 0) is 0 Å². The molecule has 0 saturated carbocycles. The molecule has 0 saturated heterocycles. The SMILES string of the molecule is C/C(=C(\C)c1cc2c(ccc3sc4ccc5sc6ccccc6c5c4c32)s1)c1cc2c(ccc3sc4ccc5sc6ccccc6c5c4c32)s1. The van der Waals surface area contributed by atoms with E-state index in [4.69, 9.17) is 0 Å². The Morgan fingerprint density at radius 3 is 1.02 bits per heavy atom. The third kappa shape index (κ3) is 3.79. The Kier molecular flexibility index (Phi) is 5.84. The van der Waals surface area contributed by atoms with Crippen molar-refractivity contribution in [3.05, 3.63) is 119 Å². The number of fused-ring (bicyclic) bond motifs is 18. The zero-order valence-corrected chi connectivity index (χ0v) is 31.7. The van der Waals surface area contributed by atoms with Crippen molar-refractivity contribution < 1.29 is 0 Å². The van der Waals surface area contributed by atoms with E-state index >= 15 is 0 Å². The average molecular weight is 745 g/mol. The molecule has 6 heteroatoms. The number of hydrogen-bond donors (Lipinski definition) is 0. The van der Waals surface area contributed by atoms with Gasteiger partial charge in [-0.1, -0.05) is 36.4 Å². The van der Waals surface area contributed by atoms with Crippen molar-refractivity contribution >= 4 is 180 Å². The van der Waals surface area contributed by atoms with Crippen LogP contribution in [0.25, 0.3) is 112 Å². The molecule has 0 aliphatic heterocycles. The van der Waals surface area contributed by atoms with Gasteiger partial charge >= 0.3 is 0 Å². The summed E-state index contributed by atoms with van der Waals surface area (Å²) in [4.78, 5) is 2.73. The Hall–Kier alpha value is -4.14. The lowest BCUT2D eigenvalue weighted by molar-refractivity contribution is 1.64. The third-order valence-corrected chi connectivity index (χ3v) is 17.5. The van der Waals surface area contributed by atoms with E-state index in [0.717, 1.165) is 0 Å². The first-order chi connectivity index (χ1) is 24.6. The molecule has 0 atom stereocenters. The molecule has 0 N–H and O–H groups in total. The highest BCUT2D eigenvalue weighted by molar-refractivity contribution is 7.29. The molecule has 12 aromatic rings. The van der Waals surface area contributed by atoms with Crippen LogP contribution in [0.15, 0.2) is 109 Å². The fraction of sp³-hybridized carbons (Fsp3) is 0.0455. The van der Waals surface area contributed by atoms with E-state index in [1.807, 2.05) is 68.0 Å². The first-order valence-electron chi connectivity index (χ1n) is 16.7. The summed E-state index contributed by atoms with van der Waals surface area (Å²) >= 11 is 11.6. The van der Waals surface area contributed by atoms with Gasteiger partial charge in [0.25, 0.3) is 0 Å². The molecule has 6 heterocycles. The van der Waals surface area contributed by atoms with Gasteiger partial charge in [0.2, 0.25) is 0 Å². The Bertz CT molecular complexity index is 3220. The number of benzene rings is 6. The van der Waals surface area contributed by atoms with Gasteiger partial charge in [-0.15, -0.1) is 68.0 Å². The second kappa shape index (κ2) is 10.2. The van der Waals surface area contributed by atoms with Crippen molar-refractivity contribution in [3.8, 4) is 0 Å². The molecule has 0 aliphatic carbocycles. The number of rotatable bonds is 2. The van der Waals surface area contributed by atoms with E-state index in [1.54, 1.807) is 0 Å². The van der Waals surface area contributed by atoms with Crippen LogP contribution in [-0.4, -0.2) is 0 Å². The molecule has 6 aromatic heterocycles. The van der Waals surface area contributed by atoms with Crippen LogP contribution in [0.3, 0.4) is 0 Å². The Morgan fingerprint density at radius 2 is 0.600 bits per heavy atom. The van der Waals surface area contributed by atoms with E-state index in [-0.39, 0.29) is 0 Å². The summed E-state index contributed by atoms with van der Waals surface area (Å²) in [5, 5.41) is 14.1. The second-order valence-corrected chi connectivity index (χ2v) is 19.7. The van der Waals surface area contributed by atoms with Crippen molar-refractivity contribution in [1.82, 2.24) is 0 Å². The average Bonchev–Trinajstić information content (AvgIpc) is 3.98. The maximum atomic E-state index is 2.48. The summed E-state index contributed by atoms with van der Waals surface area (Å²) in [6, 6.07) is 41.5. The maximum absolute atomic E-state index is 2.48. The van der Waals surface area contributed by atoms with Crippen LogP contribution in [0, 0.1) is 0 Å². The Labute approximate surface area is 310 Å². The third-order valence-electron chi connectivity index (χ3n) is 10.6. The van der Waals surface area contributed by atoms with Gasteiger partial charge in [-0.3, -0.25) is 0 Å². The predicted octanol–water partition coefficient (Wildman–Crippen LogP) is 16.5. The lowest BCUT2D eigenvalue weighted by Crippen LogP contribution is -1.79. The topological polar surface area (TPSA) is 0 Å². The van der Waals surface area contributed by atoms with Crippen molar-refractivity contribution in [2.75, 3.05) is 0 Å². The fourth-order valence-electron chi connectivity index (χ4n) is 8.11. The van der Waals surface area contributed by atoms with Gasteiger partial charge in [0.05, 0.1) is 0 Å². The van der Waals surface area contributed by atoms with Gasteiger partial charge in [0.1, 0.15) is 0 Å². The summed E-state index contributed by atoms with van der Waals surface area (Å²) in [7, 11) is 0. The first kappa shape index (κ1) is 28.5. The second-order valence-electron chi connectivity index (χ2n) is 13.2. The molecule has 0 bridgehead atoms. The van der Waals surface area contributed by atoms with Gasteiger partial charge in [0.15, 0.2) is 0 Å². The van der Waals surface area contributed by atoms with Gasteiger partial charge in [0, 0.05) is 111 Å². The Morgan fingerprint density at radius 1 is 0.300 bits per heavy atom. The fourth-order valence-corrected chi connectivity index (χ4v) is 14.8. The monoisotopic (exact) mass is 744 g/mol. The van der Waals surface area contributed by atoms with Crippen LogP contribution in [0.4, 0.5) is 0 Å². The highest BCUT2D eigenvalue weighted by Crippen LogP contribution is 2.50. The van der Waals surface area contributed by atoms with Crippen molar-refractivity contribution in [3.63, 3.8) is 0 Å². The van der Waals surface area contributed by atoms with Crippen LogP contribution in [0.2, 0.25) is 0 Å². The van der Waals surface area contributed by atoms with Crippen LogP contribution < -0.4 is 0 Å². The summed E-state index contributed by atoms with van der Waals surface area (Å²) < 4.78 is 13.7. The molecule has 0 unspecified atom stereocenters. The molecule has 0 radical (unpaired) electrons.